The number of hydrogen-bond acceptors (Lipinski definition) is 8. The van der Waals surface area contributed by atoms with Crippen LogP contribution in [0.15, 0.2) is 54.7 Å². The molecule has 2 aliphatic heterocycles. The Kier molecular flexibility index (Phi) is 7.10. The third-order valence-electron chi connectivity index (χ3n) is 7.29. The van der Waals surface area contributed by atoms with Crippen molar-refractivity contribution < 1.29 is 24.1 Å². The summed E-state index contributed by atoms with van der Waals surface area (Å²) in [5.41, 5.74) is 5.20. The Labute approximate surface area is 237 Å². The number of methoxy groups -OCH3 is 1. The molecule has 6 rings (SSSR count). The summed E-state index contributed by atoms with van der Waals surface area (Å²) in [5, 5.41) is 18.1. The number of ether oxygens (including phenoxy) is 3. The van der Waals surface area contributed by atoms with E-state index in [2.05, 4.69) is 5.32 Å². The number of pyridine rings is 1. The van der Waals surface area contributed by atoms with Gasteiger partial charge < -0.3 is 29.5 Å². The summed E-state index contributed by atoms with van der Waals surface area (Å²) in [5.74, 6) is 3.35. The molecule has 0 aliphatic carbocycles. The van der Waals surface area contributed by atoms with Gasteiger partial charge in [-0.2, -0.15) is 0 Å². The number of rotatable bonds is 9. The predicted octanol–water partition coefficient (Wildman–Crippen LogP) is 4.34. The van der Waals surface area contributed by atoms with E-state index in [1.807, 2.05) is 73.5 Å². The number of aliphatic hydroxyl groups excluding tert-OH is 1. The lowest BCUT2D eigenvalue weighted by Crippen LogP contribution is -2.31. The molecule has 2 N–H and O–H groups in total. The van der Waals surface area contributed by atoms with Gasteiger partial charge in [-0.15, -0.1) is 5.10 Å². The molecule has 0 atom stereocenters. The van der Waals surface area contributed by atoms with Crippen molar-refractivity contribution in [2.24, 2.45) is 0 Å². The number of carbonyl (C=O) groups excluding carboxylic acids is 1. The van der Waals surface area contributed by atoms with Crippen molar-refractivity contribution in [3.05, 3.63) is 77.1 Å². The largest absolute Gasteiger partial charge is 0.497 e. The Morgan fingerprint density at radius 1 is 1.05 bits per heavy atom. The van der Waals surface area contributed by atoms with Crippen LogP contribution < -0.4 is 24.4 Å². The molecule has 1 saturated heterocycles. The van der Waals surface area contributed by atoms with Crippen molar-refractivity contribution in [1.82, 2.24) is 19.7 Å². The van der Waals surface area contributed by atoms with Crippen molar-refractivity contribution in [2.75, 3.05) is 43.8 Å². The minimum atomic E-state index is -0.0896. The quantitative estimate of drug-likeness (QED) is 0.313. The minimum Gasteiger partial charge on any atom is -0.497 e. The molecule has 4 aromatic rings. The Hall–Kier alpha value is -4.77. The van der Waals surface area contributed by atoms with Crippen LogP contribution in [0.3, 0.4) is 0 Å². The molecule has 0 spiro atoms. The molecule has 2 aromatic carbocycles. The number of aryl methyl sites for hydroxylation is 2. The first-order chi connectivity index (χ1) is 19.9. The number of carbonyl (C=O) groups is 1. The van der Waals surface area contributed by atoms with E-state index >= 15 is 0 Å². The highest BCUT2D eigenvalue weighted by Crippen LogP contribution is 2.38. The molecule has 212 valence electrons. The minimum absolute atomic E-state index is 0.0639. The average Bonchev–Trinajstić information content (AvgIpc) is 3.71. The van der Waals surface area contributed by atoms with Crippen LogP contribution in [-0.2, 0) is 13.0 Å². The predicted molar refractivity (Wildman–Crippen MR) is 154 cm³/mol. The van der Waals surface area contributed by atoms with Crippen molar-refractivity contribution in [3.8, 4) is 22.9 Å². The molecule has 0 saturated carbocycles. The first-order valence-electron chi connectivity index (χ1n) is 13.5. The fraction of sp³-hybridized carbons (Fsp3) is 0.300. The monoisotopic (exact) mass is 556 g/mol. The van der Waals surface area contributed by atoms with Gasteiger partial charge >= 0.3 is 6.03 Å². The lowest BCUT2D eigenvalue weighted by Gasteiger charge is -2.18. The van der Waals surface area contributed by atoms with Crippen LogP contribution in [0.5, 0.6) is 17.2 Å². The van der Waals surface area contributed by atoms with E-state index < -0.39 is 0 Å². The normalized spacial score (nSPS) is 14.2. The maximum atomic E-state index is 13.3. The van der Waals surface area contributed by atoms with Gasteiger partial charge in [-0.25, -0.2) is 14.5 Å². The second-order valence-electron chi connectivity index (χ2n) is 10.1. The summed E-state index contributed by atoms with van der Waals surface area (Å²) in [6.45, 7) is 5.68. The number of nitrogens with one attached hydrogen (secondary N) is 1. The van der Waals surface area contributed by atoms with Crippen molar-refractivity contribution in [2.45, 2.75) is 26.8 Å². The Bertz CT molecular complexity index is 1590. The van der Waals surface area contributed by atoms with Gasteiger partial charge in [-0.1, -0.05) is 12.1 Å². The molecule has 0 bridgehead atoms. The van der Waals surface area contributed by atoms with Crippen LogP contribution in [0.4, 0.5) is 22.1 Å². The van der Waals surface area contributed by atoms with Gasteiger partial charge in [-0.3, -0.25) is 4.90 Å². The number of aliphatic hydroxyl groups is 1. The number of anilines is 3. The van der Waals surface area contributed by atoms with E-state index in [4.69, 9.17) is 24.3 Å². The third-order valence-corrected chi connectivity index (χ3v) is 7.29. The number of aromatic nitrogens is 3. The number of urea groups is 1. The zero-order valence-corrected chi connectivity index (χ0v) is 23.3. The van der Waals surface area contributed by atoms with Crippen molar-refractivity contribution in [1.29, 1.82) is 0 Å². The van der Waals surface area contributed by atoms with E-state index in [1.54, 1.807) is 16.7 Å². The van der Waals surface area contributed by atoms with Gasteiger partial charge in [-0.05, 0) is 49.2 Å². The molecule has 4 heterocycles. The Morgan fingerprint density at radius 2 is 1.83 bits per heavy atom. The fourth-order valence-electron chi connectivity index (χ4n) is 5.14. The highest BCUT2D eigenvalue weighted by Gasteiger charge is 2.31. The number of fused-ring (bicyclic) bond motifs is 1. The molecular weight excluding hydrogens is 524 g/mol. The molecule has 41 heavy (non-hydrogen) atoms. The lowest BCUT2D eigenvalue weighted by molar-refractivity contribution is 0.174. The van der Waals surface area contributed by atoms with Crippen LogP contribution in [-0.4, -0.2) is 64.4 Å². The number of hydrogen-bond donors (Lipinski definition) is 2. The fourth-order valence-corrected chi connectivity index (χ4v) is 5.14. The van der Waals surface area contributed by atoms with E-state index in [9.17, 15) is 9.90 Å². The van der Waals surface area contributed by atoms with Crippen LogP contribution >= 0.6 is 0 Å². The average molecular weight is 557 g/mol. The summed E-state index contributed by atoms with van der Waals surface area (Å²) in [6.07, 6.45) is 2.20. The Morgan fingerprint density at radius 3 is 2.59 bits per heavy atom. The number of nitrogens with zero attached hydrogens (tertiary/aromatic N) is 5. The van der Waals surface area contributed by atoms with Crippen LogP contribution in [0.25, 0.3) is 5.69 Å². The summed E-state index contributed by atoms with van der Waals surface area (Å²) in [4.78, 5) is 21.5. The standard InChI is InChI=1S/C30H32N6O5/c1-19-14-26-27(41-18-40-26)16-24(19)32-29-23(9-13-37)25(15-20(2)31-29)36-10-8-28(33-36)35-12-11-34(30(35)38)17-21-4-6-22(39-3)7-5-21/h4-8,10,14-16,37H,9,11-13,17-18H2,1-3H3,(H,31,32). The molecular formula is C30H32N6O5. The Balaban J connectivity index is 1.25. The van der Waals surface area contributed by atoms with Gasteiger partial charge in [0.2, 0.25) is 6.79 Å². The van der Waals surface area contributed by atoms with Crippen molar-refractivity contribution >= 4 is 23.4 Å². The second-order valence-corrected chi connectivity index (χ2v) is 10.1. The van der Waals surface area contributed by atoms with Crippen molar-refractivity contribution in [3.63, 3.8) is 0 Å². The lowest BCUT2D eigenvalue weighted by atomic mass is 10.1. The molecule has 2 aliphatic rings. The van der Waals surface area contributed by atoms with Crippen LogP contribution in [0.1, 0.15) is 22.4 Å². The smallest absolute Gasteiger partial charge is 0.326 e. The summed E-state index contributed by atoms with van der Waals surface area (Å²) in [6, 6.07) is 15.2. The van der Waals surface area contributed by atoms with Gasteiger partial charge in [0.25, 0.3) is 0 Å². The van der Waals surface area contributed by atoms with E-state index in [1.165, 1.54) is 0 Å². The van der Waals surface area contributed by atoms with Gasteiger partial charge in [0, 0.05) is 67.9 Å². The molecule has 0 unspecified atom stereocenters. The molecule has 11 heteroatoms. The van der Waals surface area contributed by atoms with Crippen LogP contribution in [0.2, 0.25) is 0 Å². The molecule has 1 fully saturated rings. The SMILES string of the molecule is COc1ccc(CN2CCN(c3ccn(-c4cc(C)nc(Nc5cc6c(cc5C)OCO6)c4CCO)n3)C2=O)cc1. The zero-order chi connectivity index (χ0) is 28.5. The van der Waals surface area contributed by atoms with E-state index in [0.717, 1.165) is 39.5 Å². The number of amides is 2. The number of benzene rings is 2. The molecule has 11 nitrogen and oxygen atoms in total. The molecule has 2 amide bonds. The summed E-state index contributed by atoms with van der Waals surface area (Å²) >= 11 is 0. The first kappa shape index (κ1) is 26.5. The molecule has 2 aromatic heterocycles. The van der Waals surface area contributed by atoms with E-state index in [0.29, 0.717) is 49.2 Å². The summed E-state index contributed by atoms with van der Waals surface area (Å²) in [7, 11) is 1.63. The first-order valence-corrected chi connectivity index (χ1v) is 13.5. The van der Waals surface area contributed by atoms with E-state index in [-0.39, 0.29) is 19.4 Å². The zero-order valence-electron chi connectivity index (χ0n) is 23.3. The maximum absolute atomic E-state index is 13.3. The highest BCUT2D eigenvalue weighted by molar-refractivity contribution is 5.93. The third kappa shape index (κ3) is 5.23. The topological polar surface area (TPSA) is 114 Å². The van der Waals surface area contributed by atoms with Gasteiger partial charge in [0.15, 0.2) is 17.3 Å². The maximum Gasteiger partial charge on any atom is 0.326 e. The summed E-state index contributed by atoms with van der Waals surface area (Å²) < 4.78 is 18.0. The molecule has 0 radical (unpaired) electrons. The van der Waals surface area contributed by atoms with Gasteiger partial charge in [0.05, 0.1) is 12.8 Å². The van der Waals surface area contributed by atoms with Crippen LogP contribution in [0, 0.1) is 13.8 Å². The highest BCUT2D eigenvalue weighted by atomic mass is 16.7. The second kappa shape index (κ2) is 11.0. The van der Waals surface area contributed by atoms with Gasteiger partial charge in [0.1, 0.15) is 11.6 Å².